The minimum absolute atomic E-state index is 0.857. The smallest absolute Gasteiger partial charge is 0.322 e. The first-order valence-corrected chi connectivity index (χ1v) is 3.97. The molecule has 3 atom stereocenters. The molecule has 0 aromatic heterocycles. The highest BCUT2D eigenvalue weighted by Gasteiger charge is 2.41. The van der Waals surface area contributed by atoms with Crippen molar-refractivity contribution in [2.24, 2.45) is 5.92 Å². The number of imide groups is 1. The summed E-state index contributed by atoms with van der Waals surface area (Å²) in [5.74, 6) is -2.50. The van der Waals surface area contributed by atoms with E-state index in [1.807, 2.05) is 5.32 Å². The van der Waals surface area contributed by atoms with Crippen molar-refractivity contribution in [1.29, 1.82) is 0 Å². The van der Waals surface area contributed by atoms with Crippen molar-refractivity contribution >= 4 is 11.9 Å². The Morgan fingerprint density at radius 1 is 1.29 bits per heavy atom. The van der Waals surface area contributed by atoms with E-state index in [4.69, 9.17) is 0 Å². The topological polar surface area (TPSA) is 58.2 Å². The Morgan fingerprint density at radius 3 is 2.21 bits per heavy atom. The molecule has 80 valence electrons. The Bertz CT molecular complexity index is 259. The molecule has 0 aliphatic carbocycles. The van der Waals surface area contributed by atoms with E-state index in [0.29, 0.717) is 0 Å². The van der Waals surface area contributed by atoms with Crippen LogP contribution in [0.3, 0.4) is 0 Å². The number of alkyl halides is 3. The van der Waals surface area contributed by atoms with E-state index in [9.17, 15) is 22.8 Å². The van der Waals surface area contributed by atoms with Gasteiger partial charge in [-0.05, 0) is 0 Å². The zero-order valence-corrected chi connectivity index (χ0v) is 7.26. The zero-order chi connectivity index (χ0) is 10.9. The van der Waals surface area contributed by atoms with Crippen molar-refractivity contribution in [3.63, 3.8) is 0 Å². The molecule has 4 nitrogen and oxygen atoms in total. The highest BCUT2D eigenvalue weighted by Crippen LogP contribution is 2.20. The lowest BCUT2D eigenvalue weighted by Crippen LogP contribution is -2.43. The number of nitrogens with one attached hydrogen (secondary N) is 2. The largest absolute Gasteiger partial charge is 0.323 e. The number of hydrogen-bond acceptors (Lipinski definition) is 2. The van der Waals surface area contributed by atoms with Crippen LogP contribution in [0.5, 0.6) is 0 Å². The number of halogens is 3. The Hall–Kier alpha value is -1.27. The normalized spacial score (nSPS) is 25.9. The zero-order valence-electron chi connectivity index (χ0n) is 7.26. The summed E-state index contributed by atoms with van der Waals surface area (Å²) in [4.78, 5) is 21.4. The van der Waals surface area contributed by atoms with E-state index < -0.39 is 36.5 Å². The van der Waals surface area contributed by atoms with Crippen LogP contribution in [0.15, 0.2) is 0 Å². The van der Waals surface area contributed by atoms with Crippen molar-refractivity contribution in [2.45, 2.75) is 25.6 Å². The summed E-state index contributed by atoms with van der Waals surface area (Å²) in [6.07, 6.45) is -4.95. The van der Waals surface area contributed by atoms with E-state index in [1.54, 1.807) is 5.32 Å². The molecule has 3 amide bonds. The van der Waals surface area contributed by atoms with Gasteiger partial charge in [0.15, 0.2) is 0 Å². The van der Waals surface area contributed by atoms with Crippen molar-refractivity contribution in [2.75, 3.05) is 0 Å². The summed E-state index contributed by atoms with van der Waals surface area (Å²) in [7, 11) is 0. The van der Waals surface area contributed by atoms with E-state index in [1.165, 1.54) is 0 Å². The fraction of sp³-hybridized carbons (Fsp3) is 0.714. The minimum atomic E-state index is -2.87. The van der Waals surface area contributed by atoms with Gasteiger partial charge in [-0.1, -0.05) is 6.92 Å². The molecule has 14 heavy (non-hydrogen) atoms. The number of hydrogen-bond donors (Lipinski definition) is 2. The summed E-state index contributed by atoms with van der Waals surface area (Å²) in [6, 6.07) is -2.37. The molecule has 0 aromatic carbocycles. The second-order valence-corrected chi connectivity index (χ2v) is 3.08. The van der Waals surface area contributed by atoms with Crippen LogP contribution in [-0.4, -0.2) is 30.6 Å². The van der Waals surface area contributed by atoms with Gasteiger partial charge in [0.1, 0.15) is 12.2 Å². The Morgan fingerprint density at radius 2 is 1.86 bits per heavy atom. The van der Waals surface area contributed by atoms with Crippen molar-refractivity contribution in [3.8, 4) is 0 Å². The average molecular weight is 210 g/mol. The summed E-state index contributed by atoms with van der Waals surface area (Å²) in [6.45, 7) is 0.979. The minimum Gasteiger partial charge on any atom is -0.323 e. The molecule has 1 heterocycles. The van der Waals surface area contributed by atoms with Gasteiger partial charge in [-0.25, -0.2) is 18.0 Å². The molecule has 3 unspecified atom stereocenters. The second kappa shape index (κ2) is 3.85. The maximum absolute atomic E-state index is 13.2. The van der Waals surface area contributed by atoms with Gasteiger partial charge in [0.2, 0.25) is 6.43 Å². The first-order chi connectivity index (χ1) is 6.43. The maximum Gasteiger partial charge on any atom is 0.322 e. The molecule has 2 N–H and O–H groups in total. The SMILES string of the molecule is CC(C(F)F)C(F)C1NC(=O)NC1=O. The van der Waals surface area contributed by atoms with Gasteiger partial charge in [-0.15, -0.1) is 0 Å². The summed E-state index contributed by atoms with van der Waals surface area (Å²) >= 11 is 0. The number of urea groups is 1. The molecule has 0 spiro atoms. The molecular formula is C7H9F3N2O2. The Balaban J connectivity index is 2.65. The highest BCUT2D eigenvalue weighted by molar-refractivity contribution is 6.04. The van der Waals surface area contributed by atoms with Crippen LogP contribution in [0, 0.1) is 5.92 Å². The number of rotatable bonds is 3. The van der Waals surface area contributed by atoms with Crippen LogP contribution < -0.4 is 10.6 Å². The van der Waals surface area contributed by atoms with E-state index in [2.05, 4.69) is 0 Å². The quantitative estimate of drug-likeness (QED) is 0.664. The van der Waals surface area contributed by atoms with Gasteiger partial charge in [0.25, 0.3) is 5.91 Å². The lowest BCUT2D eigenvalue weighted by atomic mass is 10.00. The van der Waals surface area contributed by atoms with Gasteiger partial charge >= 0.3 is 6.03 Å². The molecule has 1 rings (SSSR count). The lowest BCUT2D eigenvalue weighted by Gasteiger charge is -2.19. The van der Waals surface area contributed by atoms with Gasteiger partial charge in [-0.3, -0.25) is 10.1 Å². The molecule has 0 saturated carbocycles. The third-order valence-electron chi connectivity index (χ3n) is 2.02. The van der Waals surface area contributed by atoms with Crippen LogP contribution >= 0.6 is 0 Å². The monoisotopic (exact) mass is 210 g/mol. The van der Waals surface area contributed by atoms with Gasteiger partial charge in [-0.2, -0.15) is 0 Å². The number of carbonyl (C=O) groups excluding carboxylic acids is 2. The third kappa shape index (κ3) is 1.97. The summed E-state index contributed by atoms with van der Waals surface area (Å²) in [5, 5.41) is 3.70. The van der Waals surface area contributed by atoms with E-state index in [0.717, 1.165) is 6.92 Å². The number of carbonyl (C=O) groups is 2. The summed E-state index contributed by atoms with van der Waals surface area (Å²) in [5.41, 5.74) is 0. The predicted octanol–water partition coefficient (Wildman–Crippen LogP) is 0.434. The van der Waals surface area contributed by atoms with Crippen LogP contribution in [0.25, 0.3) is 0 Å². The first-order valence-electron chi connectivity index (χ1n) is 3.97. The van der Waals surface area contributed by atoms with Crippen LogP contribution in [0.1, 0.15) is 6.92 Å². The van der Waals surface area contributed by atoms with Crippen LogP contribution in [0.4, 0.5) is 18.0 Å². The van der Waals surface area contributed by atoms with Crippen molar-refractivity contribution < 1.29 is 22.8 Å². The Labute approximate surface area is 77.8 Å². The van der Waals surface area contributed by atoms with Crippen molar-refractivity contribution in [1.82, 2.24) is 10.6 Å². The molecule has 7 heteroatoms. The first kappa shape index (κ1) is 10.8. The van der Waals surface area contributed by atoms with Crippen molar-refractivity contribution in [3.05, 3.63) is 0 Å². The predicted molar refractivity (Wildman–Crippen MR) is 40.5 cm³/mol. The highest BCUT2D eigenvalue weighted by atomic mass is 19.3. The molecule has 1 saturated heterocycles. The van der Waals surface area contributed by atoms with Gasteiger partial charge in [0, 0.05) is 0 Å². The van der Waals surface area contributed by atoms with E-state index >= 15 is 0 Å². The molecule has 0 radical (unpaired) electrons. The van der Waals surface area contributed by atoms with Gasteiger partial charge in [0.05, 0.1) is 5.92 Å². The molecule has 1 aliphatic rings. The second-order valence-electron chi connectivity index (χ2n) is 3.08. The lowest BCUT2D eigenvalue weighted by molar-refractivity contribution is -0.122. The van der Waals surface area contributed by atoms with Crippen LogP contribution in [-0.2, 0) is 4.79 Å². The third-order valence-corrected chi connectivity index (χ3v) is 2.02. The average Bonchev–Trinajstić information content (AvgIpc) is 2.42. The standard InChI is InChI=1S/C7H9F3N2O2/c1-2(5(9)10)3(8)4-6(13)12-7(14)11-4/h2-5H,1H3,(H2,11,12,13,14). The fourth-order valence-corrected chi connectivity index (χ4v) is 1.10. The van der Waals surface area contributed by atoms with E-state index in [-0.39, 0.29) is 0 Å². The molecular weight excluding hydrogens is 201 g/mol. The Kier molecular flexibility index (Phi) is 2.97. The number of amides is 3. The molecule has 0 bridgehead atoms. The van der Waals surface area contributed by atoms with Crippen LogP contribution in [0.2, 0.25) is 0 Å². The molecule has 1 fully saturated rings. The summed E-state index contributed by atoms with van der Waals surface area (Å²) < 4.78 is 37.4. The maximum atomic E-state index is 13.2. The molecule has 0 aromatic rings. The fourth-order valence-electron chi connectivity index (χ4n) is 1.10. The molecule has 1 aliphatic heterocycles. The van der Waals surface area contributed by atoms with Gasteiger partial charge < -0.3 is 5.32 Å².